The van der Waals surface area contributed by atoms with E-state index in [1.807, 2.05) is 6.92 Å². The number of aliphatic hydroxyl groups is 1. The molecule has 5 heteroatoms. The third-order valence-corrected chi connectivity index (χ3v) is 3.75. The zero-order valence-corrected chi connectivity index (χ0v) is 13.7. The van der Waals surface area contributed by atoms with Crippen molar-refractivity contribution in [2.45, 2.75) is 52.4 Å². The first-order chi connectivity index (χ1) is 9.47. The molecule has 0 radical (unpaired) electrons. The van der Waals surface area contributed by atoms with Crippen molar-refractivity contribution in [1.29, 1.82) is 0 Å². The zero-order chi connectivity index (χ0) is 15.1. The summed E-state index contributed by atoms with van der Waals surface area (Å²) in [6, 6.07) is 5.44. The highest BCUT2D eigenvalue weighted by Gasteiger charge is 2.16. The summed E-state index contributed by atoms with van der Waals surface area (Å²) in [7, 11) is 0. The predicted molar refractivity (Wildman–Crippen MR) is 82.7 cm³/mol. The summed E-state index contributed by atoms with van der Waals surface area (Å²) in [5, 5.41) is 12.1. The quantitative estimate of drug-likeness (QED) is 0.799. The molecule has 0 aliphatic heterocycles. The second-order valence-electron chi connectivity index (χ2n) is 4.87. The van der Waals surface area contributed by atoms with Crippen molar-refractivity contribution in [3.05, 3.63) is 28.2 Å². The number of carbonyl (C=O) groups excluding carboxylic acids is 1. The topological polar surface area (TPSA) is 58.6 Å². The van der Waals surface area contributed by atoms with Crippen molar-refractivity contribution in [2.75, 3.05) is 0 Å². The van der Waals surface area contributed by atoms with Crippen LogP contribution in [0.4, 0.5) is 0 Å². The minimum atomic E-state index is -0.568. The van der Waals surface area contributed by atoms with E-state index in [0.717, 1.165) is 22.9 Å². The summed E-state index contributed by atoms with van der Waals surface area (Å²) in [5.74, 6) is 0.447. The standard InChI is InChI=1S/C15H22BrNO3/c1-4-5-10(2)17-15(19)11(3)20-13-6-7-14(16)12(8-13)9-18/h6-8,10-11,18H,4-5,9H2,1-3H3,(H,17,19). The van der Waals surface area contributed by atoms with E-state index in [-0.39, 0.29) is 18.6 Å². The number of rotatable bonds is 7. The molecule has 1 amide bonds. The predicted octanol–water partition coefficient (Wildman–Crippen LogP) is 3.01. The Kier molecular flexibility index (Phi) is 7.02. The van der Waals surface area contributed by atoms with Gasteiger partial charge in [0.05, 0.1) is 6.61 Å². The molecule has 2 atom stereocenters. The molecule has 0 aromatic heterocycles. The van der Waals surface area contributed by atoms with Crippen molar-refractivity contribution >= 4 is 21.8 Å². The van der Waals surface area contributed by atoms with E-state index in [0.29, 0.717) is 5.75 Å². The smallest absolute Gasteiger partial charge is 0.260 e. The van der Waals surface area contributed by atoms with Gasteiger partial charge in [0, 0.05) is 10.5 Å². The summed E-state index contributed by atoms with van der Waals surface area (Å²) in [4.78, 5) is 12.0. The molecule has 1 aromatic carbocycles. The van der Waals surface area contributed by atoms with E-state index in [2.05, 4.69) is 28.2 Å². The Bertz CT molecular complexity index is 451. The Balaban J connectivity index is 2.61. The maximum absolute atomic E-state index is 12.0. The Morgan fingerprint density at radius 3 is 2.75 bits per heavy atom. The van der Waals surface area contributed by atoms with Crippen LogP contribution in [0.3, 0.4) is 0 Å². The summed E-state index contributed by atoms with van der Waals surface area (Å²) >= 11 is 3.34. The third-order valence-electron chi connectivity index (χ3n) is 2.98. The Hall–Kier alpha value is -1.07. The van der Waals surface area contributed by atoms with Crippen molar-refractivity contribution in [3.63, 3.8) is 0 Å². The number of aliphatic hydroxyl groups excluding tert-OH is 1. The minimum Gasteiger partial charge on any atom is -0.481 e. The van der Waals surface area contributed by atoms with E-state index in [4.69, 9.17) is 4.74 Å². The average molecular weight is 344 g/mol. The number of hydrogen-bond acceptors (Lipinski definition) is 3. The lowest BCUT2D eigenvalue weighted by Gasteiger charge is -2.18. The van der Waals surface area contributed by atoms with Gasteiger partial charge in [0.25, 0.3) is 5.91 Å². The molecule has 2 N–H and O–H groups in total. The first kappa shape index (κ1) is 17.0. The largest absolute Gasteiger partial charge is 0.481 e. The molecule has 112 valence electrons. The second kappa shape index (κ2) is 8.27. The van der Waals surface area contributed by atoms with Gasteiger partial charge in [-0.2, -0.15) is 0 Å². The minimum absolute atomic E-state index is 0.0775. The van der Waals surface area contributed by atoms with Crippen molar-refractivity contribution in [1.82, 2.24) is 5.32 Å². The molecule has 0 aliphatic rings. The molecule has 1 aromatic rings. The number of halogens is 1. The van der Waals surface area contributed by atoms with Gasteiger partial charge in [-0.3, -0.25) is 4.79 Å². The molecular formula is C15H22BrNO3. The van der Waals surface area contributed by atoms with Crippen LogP contribution in [0.2, 0.25) is 0 Å². The summed E-state index contributed by atoms with van der Waals surface area (Å²) in [6.45, 7) is 5.71. The highest BCUT2D eigenvalue weighted by atomic mass is 79.9. The van der Waals surface area contributed by atoms with Gasteiger partial charge in [0.2, 0.25) is 0 Å². The molecule has 1 rings (SSSR count). The molecule has 0 bridgehead atoms. The highest BCUT2D eigenvalue weighted by molar-refractivity contribution is 9.10. The summed E-state index contributed by atoms with van der Waals surface area (Å²) in [5.41, 5.74) is 0.731. The normalized spacial score (nSPS) is 13.7. The fourth-order valence-corrected chi connectivity index (χ4v) is 2.24. The summed E-state index contributed by atoms with van der Waals surface area (Å²) in [6.07, 6.45) is 1.41. The van der Waals surface area contributed by atoms with Gasteiger partial charge in [-0.25, -0.2) is 0 Å². The number of ether oxygens (including phenoxy) is 1. The second-order valence-corrected chi connectivity index (χ2v) is 5.72. The number of hydrogen-bond donors (Lipinski definition) is 2. The van der Waals surface area contributed by atoms with E-state index in [9.17, 15) is 9.90 Å². The van der Waals surface area contributed by atoms with Crippen molar-refractivity contribution in [3.8, 4) is 5.75 Å². The van der Waals surface area contributed by atoms with E-state index >= 15 is 0 Å². The van der Waals surface area contributed by atoms with Gasteiger partial charge in [-0.1, -0.05) is 29.3 Å². The van der Waals surface area contributed by atoms with Gasteiger partial charge in [0.15, 0.2) is 6.10 Å². The molecule has 0 spiro atoms. The molecule has 0 heterocycles. The SMILES string of the molecule is CCCC(C)NC(=O)C(C)Oc1ccc(Br)c(CO)c1. The Labute approximate surface area is 128 Å². The Morgan fingerprint density at radius 2 is 2.15 bits per heavy atom. The van der Waals surface area contributed by atoms with Gasteiger partial charge >= 0.3 is 0 Å². The van der Waals surface area contributed by atoms with Crippen LogP contribution in [0.15, 0.2) is 22.7 Å². The highest BCUT2D eigenvalue weighted by Crippen LogP contribution is 2.23. The van der Waals surface area contributed by atoms with Crippen molar-refractivity contribution < 1.29 is 14.6 Å². The van der Waals surface area contributed by atoms with Gasteiger partial charge in [-0.15, -0.1) is 0 Å². The zero-order valence-electron chi connectivity index (χ0n) is 12.1. The molecule has 4 nitrogen and oxygen atoms in total. The monoisotopic (exact) mass is 343 g/mol. The van der Waals surface area contributed by atoms with E-state index < -0.39 is 6.10 Å². The number of nitrogens with one attached hydrogen (secondary N) is 1. The van der Waals surface area contributed by atoms with E-state index in [1.54, 1.807) is 25.1 Å². The van der Waals surface area contributed by atoms with Gasteiger partial charge < -0.3 is 15.2 Å². The van der Waals surface area contributed by atoms with Crippen LogP contribution in [0.25, 0.3) is 0 Å². The van der Waals surface area contributed by atoms with Crippen LogP contribution in [-0.2, 0) is 11.4 Å². The molecule has 2 unspecified atom stereocenters. The fourth-order valence-electron chi connectivity index (χ4n) is 1.87. The average Bonchev–Trinajstić information content (AvgIpc) is 2.41. The first-order valence-corrected chi connectivity index (χ1v) is 7.63. The fraction of sp³-hybridized carbons (Fsp3) is 0.533. The maximum atomic E-state index is 12.0. The lowest BCUT2D eigenvalue weighted by molar-refractivity contribution is -0.127. The third kappa shape index (κ3) is 5.13. The van der Waals surface area contributed by atoms with Crippen LogP contribution in [0.1, 0.15) is 39.2 Å². The lowest BCUT2D eigenvalue weighted by Crippen LogP contribution is -2.41. The first-order valence-electron chi connectivity index (χ1n) is 6.84. The van der Waals surface area contributed by atoms with Crippen LogP contribution in [0.5, 0.6) is 5.75 Å². The van der Waals surface area contributed by atoms with Crippen LogP contribution in [-0.4, -0.2) is 23.2 Å². The molecule has 0 fully saturated rings. The summed E-state index contributed by atoms with van der Waals surface area (Å²) < 4.78 is 6.43. The van der Waals surface area contributed by atoms with Crippen LogP contribution >= 0.6 is 15.9 Å². The van der Waals surface area contributed by atoms with Gasteiger partial charge in [-0.05, 0) is 44.0 Å². The van der Waals surface area contributed by atoms with Crippen LogP contribution in [0, 0.1) is 0 Å². The molecule has 0 saturated heterocycles. The maximum Gasteiger partial charge on any atom is 0.260 e. The number of amides is 1. The van der Waals surface area contributed by atoms with E-state index in [1.165, 1.54) is 0 Å². The van der Waals surface area contributed by atoms with Crippen molar-refractivity contribution in [2.24, 2.45) is 0 Å². The number of benzene rings is 1. The molecular weight excluding hydrogens is 322 g/mol. The molecule has 20 heavy (non-hydrogen) atoms. The lowest BCUT2D eigenvalue weighted by atomic mass is 10.2. The van der Waals surface area contributed by atoms with Gasteiger partial charge in [0.1, 0.15) is 5.75 Å². The molecule has 0 aliphatic carbocycles. The molecule has 0 saturated carbocycles. The van der Waals surface area contributed by atoms with Crippen LogP contribution < -0.4 is 10.1 Å². The number of carbonyl (C=O) groups is 1. The Morgan fingerprint density at radius 1 is 1.45 bits per heavy atom.